The topological polar surface area (TPSA) is 98.8 Å². The molecule has 25 heavy (non-hydrogen) atoms. The highest BCUT2D eigenvalue weighted by molar-refractivity contribution is 7.86. The molecule has 0 saturated heterocycles. The third kappa shape index (κ3) is 17.0. The first-order valence-corrected chi connectivity index (χ1v) is 12.4. The summed E-state index contributed by atoms with van der Waals surface area (Å²) in [5.74, 6) is 0.184. The Hall–Kier alpha value is -0.220. The van der Waals surface area contributed by atoms with E-state index in [2.05, 4.69) is 5.32 Å². The molecule has 9 heteroatoms. The van der Waals surface area contributed by atoms with Crippen LogP contribution in [-0.2, 0) is 28.6 Å². The number of rotatable bonds is 18. The van der Waals surface area contributed by atoms with Gasteiger partial charge in [-0.15, -0.1) is 0 Å². The van der Waals surface area contributed by atoms with Crippen molar-refractivity contribution in [3.63, 3.8) is 0 Å². The van der Waals surface area contributed by atoms with Gasteiger partial charge in [0.15, 0.2) is 0 Å². The van der Waals surface area contributed by atoms with E-state index in [1.807, 2.05) is 13.8 Å². The molecule has 0 aliphatic rings. The fraction of sp³-hybridized carbons (Fsp3) is 1.00. The summed E-state index contributed by atoms with van der Waals surface area (Å²) in [5.41, 5.74) is 0. The van der Waals surface area contributed by atoms with Crippen molar-refractivity contribution in [3.05, 3.63) is 0 Å². The predicted octanol–water partition coefficient (Wildman–Crippen LogP) is 2.43. The van der Waals surface area contributed by atoms with Gasteiger partial charge in [0.2, 0.25) is 0 Å². The lowest BCUT2D eigenvalue weighted by Crippen LogP contribution is -2.23. The molecule has 0 atom stereocenters. The number of hydrogen-bond donors (Lipinski definition) is 1. The Morgan fingerprint density at radius 1 is 0.640 bits per heavy atom. The van der Waals surface area contributed by atoms with Crippen molar-refractivity contribution in [2.75, 3.05) is 37.8 Å². The van der Waals surface area contributed by atoms with E-state index in [9.17, 15) is 16.8 Å². The molecule has 0 aliphatic heterocycles. The lowest BCUT2D eigenvalue weighted by molar-refractivity contribution is 0.304. The summed E-state index contributed by atoms with van der Waals surface area (Å²) >= 11 is 0. The standard InChI is InChI=1S/C16H35NO6S2/c1-3-5-15-24(18,19)22-13-10-8-7-9-11-17-12-14-23-25(20,21)16-6-4-2/h17H,3-16H2,1-2H3. The Morgan fingerprint density at radius 2 is 1.16 bits per heavy atom. The minimum Gasteiger partial charge on any atom is -0.314 e. The molecule has 0 spiro atoms. The van der Waals surface area contributed by atoms with Gasteiger partial charge in [0.1, 0.15) is 0 Å². The van der Waals surface area contributed by atoms with Gasteiger partial charge in [-0.2, -0.15) is 16.8 Å². The monoisotopic (exact) mass is 401 g/mol. The van der Waals surface area contributed by atoms with E-state index >= 15 is 0 Å². The van der Waals surface area contributed by atoms with Gasteiger partial charge < -0.3 is 5.32 Å². The van der Waals surface area contributed by atoms with Crippen molar-refractivity contribution < 1.29 is 25.2 Å². The molecule has 7 nitrogen and oxygen atoms in total. The Labute approximate surface area is 154 Å². The molecular weight excluding hydrogens is 366 g/mol. The molecule has 0 aromatic heterocycles. The zero-order valence-electron chi connectivity index (χ0n) is 15.7. The predicted molar refractivity (Wildman–Crippen MR) is 101 cm³/mol. The molecule has 0 saturated carbocycles. The summed E-state index contributed by atoms with van der Waals surface area (Å²) in [6.07, 6.45) is 6.49. The maximum absolute atomic E-state index is 11.5. The highest BCUT2D eigenvalue weighted by atomic mass is 32.2. The SMILES string of the molecule is CCCCS(=O)(=O)OCCCCCCNCCOS(=O)(=O)CCCC. The highest BCUT2D eigenvalue weighted by Gasteiger charge is 2.10. The van der Waals surface area contributed by atoms with Crippen LogP contribution in [0.25, 0.3) is 0 Å². The molecule has 0 heterocycles. The summed E-state index contributed by atoms with van der Waals surface area (Å²) in [6, 6.07) is 0. The molecule has 0 unspecified atom stereocenters. The van der Waals surface area contributed by atoms with Gasteiger partial charge in [0.25, 0.3) is 20.2 Å². The van der Waals surface area contributed by atoms with E-state index in [1.54, 1.807) is 0 Å². The van der Waals surface area contributed by atoms with E-state index in [-0.39, 0.29) is 24.7 Å². The van der Waals surface area contributed by atoms with Crippen LogP contribution in [-0.4, -0.2) is 54.6 Å². The first kappa shape index (κ1) is 24.8. The zero-order chi connectivity index (χ0) is 19.0. The second-order valence-corrected chi connectivity index (χ2v) is 9.56. The first-order valence-electron chi connectivity index (χ1n) is 9.28. The van der Waals surface area contributed by atoms with Crippen LogP contribution in [0.5, 0.6) is 0 Å². The molecule has 0 rings (SSSR count). The average Bonchev–Trinajstić information content (AvgIpc) is 2.56. The van der Waals surface area contributed by atoms with Gasteiger partial charge in [-0.3, -0.25) is 8.37 Å². The fourth-order valence-electron chi connectivity index (χ4n) is 2.02. The maximum Gasteiger partial charge on any atom is 0.267 e. The van der Waals surface area contributed by atoms with Crippen molar-refractivity contribution in [1.29, 1.82) is 0 Å². The van der Waals surface area contributed by atoms with Gasteiger partial charge in [-0.05, 0) is 32.2 Å². The van der Waals surface area contributed by atoms with Crippen molar-refractivity contribution in [1.82, 2.24) is 5.32 Å². The van der Waals surface area contributed by atoms with E-state index in [1.165, 1.54) is 0 Å². The second-order valence-electron chi connectivity index (χ2n) is 6.04. The van der Waals surface area contributed by atoms with Crippen molar-refractivity contribution in [2.24, 2.45) is 0 Å². The Bertz CT molecular complexity index is 459. The van der Waals surface area contributed by atoms with E-state index < -0.39 is 20.2 Å². The normalized spacial score (nSPS) is 12.6. The number of unbranched alkanes of at least 4 members (excludes halogenated alkanes) is 5. The first-order chi connectivity index (χ1) is 11.8. The van der Waals surface area contributed by atoms with Crippen LogP contribution in [0, 0.1) is 0 Å². The average molecular weight is 402 g/mol. The number of hydrogen-bond acceptors (Lipinski definition) is 7. The summed E-state index contributed by atoms with van der Waals surface area (Å²) < 4.78 is 55.7. The summed E-state index contributed by atoms with van der Waals surface area (Å²) in [5, 5.41) is 3.14. The van der Waals surface area contributed by atoms with Crippen molar-refractivity contribution in [2.45, 2.75) is 65.2 Å². The molecule has 0 bridgehead atoms. The quantitative estimate of drug-likeness (QED) is 0.278. The summed E-state index contributed by atoms with van der Waals surface area (Å²) in [4.78, 5) is 0. The van der Waals surface area contributed by atoms with Crippen LogP contribution in [0.15, 0.2) is 0 Å². The summed E-state index contributed by atoms with van der Waals surface area (Å²) in [7, 11) is -6.72. The molecule has 0 aromatic rings. The van der Waals surface area contributed by atoms with Crippen LogP contribution >= 0.6 is 0 Å². The Kier molecular flexibility index (Phi) is 14.8. The summed E-state index contributed by atoms with van der Waals surface area (Å²) in [6.45, 7) is 5.59. The minimum absolute atomic E-state index is 0.0831. The van der Waals surface area contributed by atoms with Gasteiger partial charge in [0, 0.05) is 6.54 Å². The van der Waals surface area contributed by atoms with Crippen LogP contribution in [0.1, 0.15) is 65.2 Å². The van der Waals surface area contributed by atoms with Crippen LogP contribution in [0.4, 0.5) is 0 Å². The van der Waals surface area contributed by atoms with E-state index in [4.69, 9.17) is 8.37 Å². The van der Waals surface area contributed by atoms with Gasteiger partial charge in [0.05, 0.1) is 24.7 Å². The molecule has 0 fully saturated rings. The molecule has 152 valence electrons. The minimum atomic E-state index is -3.37. The zero-order valence-corrected chi connectivity index (χ0v) is 17.3. The fourth-order valence-corrected chi connectivity index (χ4v) is 4.25. The van der Waals surface area contributed by atoms with Gasteiger partial charge >= 0.3 is 0 Å². The van der Waals surface area contributed by atoms with Crippen molar-refractivity contribution in [3.8, 4) is 0 Å². The van der Waals surface area contributed by atoms with E-state index in [0.717, 1.165) is 45.1 Å². The van der Waals surface area contributed by atoms with Crippen LogP contribution in [0.3, 0.4) is 0 Å². The maximum atomic E-state index is 11.5. The lowest BCUT2D eigenvalue weighted by atomic mass is 10.2. The molecule has 0 radical (unpaired) electrons. The van der Waals surface area contributed by atoms with Crippen LogP contribution in [0.2, 0.25) is 0 Å². The molecule has 0 aromatic carbocycles. The number of nitrogens with one attached hydrogen (secondary N) is 1. The van der Waals surface area contributed by atoms with Crippen LogP contribution < -0.4 is 5.32 Å². The molecule has 0 aliphatic carbocycles. The largest absolute Gasteiger partial charge is 0.314 e. The van der Waals surface area contributed by atoms with Gasteiger partial charge in [-0.1, -0.05) is 39.5 Å². The Balaban J connectivity index is 3.42. The molecule has 0 amide bonds. The van der Waals surface area contributed by atoms with E-state index in [0.29, 0.717) is 19.4 Å². The molecular formula is C16H35NO6S2. The third-order valence-corrected chi connectivity index (χ3v) is 6.18. The van der Waals surface area contributed by atoms with Crippen molar-refractivity contribution >= 4 is 20.2 Å². The highest BCUT2D eigenvalue weighted by Crippen LogP contribution is 2.04. The second kappa shape index (κ2) is 14.9. The van der Waals surface area contributed by atoms with Gasteiger partial charge in [-0.25, -0.2) is 0 Å². The molecule has 1 N–H and O–H groups in total. The Morgan fingerprint density at radius 3 is 1.72 bits per heavy atom. The smallest absolute Gasteiger partial charge is 0.267 e. The lowest BCUT2D eigenvalue weighted by Gasteiger charge is -2.07. The third-order valence-electron chi connectivity index (χ3n) is 3.55.